The van der Waals surface area contributed by atoms with Crippen LogP contribution in [-0.2, 0) is 29.5 Å². The minimum atomic E-state index is -1.47. The van der Waals surface area contributed by atoms with Gasteiger partial charge in [0.2, 0.25) is 17.5 Å². The van der Waals surface area contributed by atoms with Crippen LogP contribution in [0.1, 0.15) is 32.3 Å². The molecule has 0 aromatic heterocycles. The summed E-state index contributed by atoms with van der Waals surface area (Å²) >= 11 is 0. The topological polar surface area (TPSA) is 91.4 Å². The van der Waals surface area contributed by atoms with E-state index in [0.29, 0.717) is 36.4 Å². The molecule has 1 atom stereocenters. The van der Waals surface area contributed by atoms with Crippen LogP contribution in [0.3, 0.4) is 0 Å². The molecule has 1 aromatic carbocycles. The second-order valence-electron chi connectivity index (χ2n) is 6.41. The monoisotopic (exact) mass is 375 g/mol. The average molecular weight is 375 g/mol. The number of ether oxygens (including phenoxy) is 4. The summed E-state index contributed by atoms with van der Waals surface area (Å²) in [5.41, 5.74) is -0.987. The molecule has 0 spiro atoms. The van der Waals surface area contributed by atoms with Crippen LogP contribution in [0, 0.1) is 0 Å². The lowest BCUT2D eigenvalue weighted by Gasteiger charge is -2.26. The Morgan fingerprint density at radius 3 is 2.44 bits per heavy atom. The van der Waals surface area contributed by atoms with Gasteiger partial charge in [0.1, 0.15) is 0 Å². The van der Waals surface area contributed by atoms with Crippen LogP contribution in [0.25, 0.3) is 0 Å². The highest BCUT2D eigenvalue weighted by Gasteiger charge is 2.52. The van der Waals surface area contributed by atoms with Gasteiger partial charge < -0.3 is 18.9 Å². The Kier molecular flexibility index (Phi) is 4.82. The van der Waals surface area contributed by atoms with Gasteiger partial charge in [-0.15, -0.1) is 0 Å². The SMILES string of the molecule is COc1ccc(C2(C)OC(N3CCCC3=O)=C(OC(C)=O)C2=O)cc1OC. The van der Waals surface area contributed by atoms with E-state index in [1.54, 1.807) is 25.1 Å². The van der Waals surface area contributed by atoms with Gasteiger partial charge in [0.05, 0.1) is 14.2 Å². The standard InChI is InChI=1S/C19H21NO7/c1-11(21)26-16-17(23)19(2,27-18(16)20-9-5-6-15(20)22)12-7-8-13(24-3)14(10-12)25-4/h7-8,10H,5-6,9H2,1-4H3. The van der Waals surface area contributed by atoms with Gasteiger partial charge in [-0.3, -0.25) is 19.3 Å². The van der Waals surface area contributed by atoms with Crippen LogP contribution in [0.2, 0.25) is 0 Å². The lowest BCUT2D eigenvalue weighted by Crippen LogP contribution is -2.32. The summed E-state index contributed by atoms with van der Waals surface area (Å²) in [7, 11) is 2.99. The van der Waals surface area contributed by atoms with E-state index >= 15 is 0 Å². The summed E-state index contributed by atoms with van der Waals surface area (Å²) in [6, 6.07) is 4.94. The van der Waals surface area contributed by atoms with E-state index in [4.69, 9.17) is 18.9 Å². The van der Waals surface area contributed by atoms with Crippen LogP contribution in [0.4, 0.5) is 0 Å². The number of hydrogen-bond acceptors (Lipinski definition) is 7. The lowest BCUT2D eigenvalue weighted by molar-refractivity contribution is -0.142. The third-order valence-electron chi connectivity index (χ3n) is 4.63. The van der Waals surface area contributed by atoms with Crippen LogP contribution in [0.15, 0.2) is 29.8 Å². The van der Waals surface area contributed by atoms with Crippen molar-refractivity contribution in [1.82, 2.24) is 4.90 Å². The Labute approximate surface area is 156 Å². The van der Waals surface area contributed by atoms with E-state index in [2.05, 4.69) is 0 Å². The number of carbonyl (C=O) groups excluding carboxylic acids is 3. The summed E-state index contributed by atoms with van der Waals surface area (Å²) in [4.78, 5) is 38.1. The number of esters is 1. The van der Waals surface area contributed by atoms with E-state index in [1.165, 1.54) is 26.0 Å². The molecule has 3 rings (SSSR count). The maximum Gasteiger partial charge on any atom is 0.308 e. The number of Topliss-reactive ketones (excluding diaryl/α,β-unsaturated/α-hetero) is 1. The van der Waals surface area contributed by atoms with Gasteiger partial charge in [-0.25, -0.2) is 0 Å². The first-order valence-corrected chi connectivity index (χ1v) is 8.51. The van der Waals surface area contributed by atoms with Crippen LogP contribution >= 0.6 is 0 Å². The number of ketones is 1. The molecule has 1 aromatic rings. The normalized spacial score (nSPS) is 22.1. The van der Waals surface area contributed by atoms with Crippen molar-refractivity contribution >= 4 is 17.7 Å². The molecule has 1 fully saturated rings. The number of likely N-dealkylation sites (tertiary alicyclic amines) is 1. The maximum atomic E-state index is 13.1. The van der Waals surface area contributed by atoms with E-state index in [1.807, 2.05) is 0 Å². The molecule has 1 amide bonds. The van der Waals surface area contributed by atoms with Crippen molar-refractivity contribution in [3.05, 3.63) is 35.4 Å². The maximum absolute atomic E-state index is 13.1. The smallest absolute Gasteiger partial charge is 0.308 e. The molecular weight excluding hydrogens is 354 g/mol. The fourth-order valence-electron chi connectivity index (χ4n) is 3.20. The van der Waals surface area contributed by atoms with Gasteiger partial charge in [0.15, 0.2) is 17.1 Å². The van der Waals surface area contributed by atoms with Crippen LogP contribution in [0.5, 0.6) is 11.5 Å². The zero-order valence-corrected chi connectivity index (χ0v) is 15.7. The fraction of sp³-hybridized carbons (Fsp3) is 0.421. The van der Waals surface area contributed by atoms with Crippen molar-refractivity contribution in [2.45, 2.75) is 32.3 Å². The quantitative estimate of drug-likeness (QED) is 0.726. The largest absolute Gasteiger partial charge is 0.493 e. The summed E-state index contributed by atoms with van der Waals surface area (Å²) < 4.78 is 21.6. The highest BCUT2D eigenvalue weighted by molar-refractivity contribution is 6.05. The second kappa shape index (κ2) is 6.94. The molecule has 1 unspecified atom stereocenters. The van der Waals surface area contributed by atoms with Crippen molar-refractivity contribution in [2.75, 3.05) is 20.8 Å². The summed E-state index contributed by atoms with van der Waals surface area (Å²) in [5, 5.41) is 0. The highest BCUT2D eigenvalue weighted by Crippen LogP contribution is 2.43. The number of carbonyl (C=O) groups is 3. The molecule has 0 bridgehead atoms. The van der Waals surface area contributed by atoms with Gasteiger partial charge >= 0.3 is 5.97 Å². The first-order valence-electron chi connectivity index (χ1n) is 8.51. The highest BCUT2D eigenvalue weighted by atomic mass is 16.6. The molecular formula is C19H21NO7. The first-order chi connectivity index (χ1) is 12.8. The zero-order valence-electron chi connectivity index (χ0n) is 15.7. The van der Waals surface area contributed by atoms with Crippen molar-refractivity contribution in [3.8, 4) is 11.5 Å². The number of methoxy groups -OCH3 is 2. The third kappa shape index (κ3) is 3.11. The fourth-order valence-corrected chi connectivity index (χ4v) is 3.20. The Bertz CT molecular complexity index is 844. The number of nitrogens with zero attached hydrogens (tertiary/aromatic N) is 1. The lowest BCUT2D eigenvalue weighted by atomic mass is 9.91. The number of hydrogen-bond donors (Lipinski definition) is 0. The Morgan fingerprint density at radius 1 is 1.19 bits per heavy atom. The van der Waals surface area contributed by atoms with Gasteiger partial charge in [-0.2, -0.15) is 0 Å². The third-order valence-corrected chi connectivity index (χ3v) is 4.63. The summed E-state index contributed by atoms with van der Waals surface area (Å²) in [6.45, 7) is 3.15. The number of rotatable bonds is 5. The van der Waals surface area contributed by atoms with E-state index < -0.39 is 17.4 Å². The number of amides is 1. The Hall–Kier alpha value is -3.03. The molecule has 2 aliphatic rings. The van der Waals surface area contributed by atoms with Crippen molar-refractivity contribution in [3.63, 3.8) is 0 Å². The van der Waals surface area contributed by atoms with Crippen molar-refractivity contribution < 1.29 is 33.3 Å². The molecule has 8 heteroatoms. The molecule has 0 radical (unpaired) electrons. The summed E-state index contributed by atoms with van der Waals surface area (Å²) in [6.07, 6.45) is 0.988. The van der Waals surface area contributed by atoms with Gasteiger partial charge in [0, 0.05) is 25.5 Å². The van der Waals surface area contributed by atoms with E-state index in [-0.39, 0.29) is 17.5 Å². The predicted molar refractivity (Wildman–Crippen MR) is 92.7 cm³/mol. The molecule has 0 N–H and O–H groups in total. The van der Waals surface area contributed by atoms with Gasteiger partial charge in [0.25, 0.3) is 5.78 Å². The minimum Gasteiger partial charge on any atom is -0.493 e. The zero-order chi connectivity index (χ0) is 19.8. The second-order valence-corrected chi connectivity index (χ2v) is 6.41. The van der Waals surface area contributed by atoms with E-state index in [9.17, 15) is 14.4 Å². The van der Waals surface area contributed by atoms with Crippen LogP contribution in [-0.4, -0.2) is 43.3 Å². The molecule has 8 nitrogen and oxygen atoms in total. The molecule has 2 heterocycles. The molecule has 2 aliphatic heterocycles. The van der Waals surface area contributed by atoms with Crippen molar-refractivity contribution in [1.29, 1.82) is 0 Å². The average Bonchev–Trinajstić information content (AvgIpc) is 3.17. The minimum absolute atomic E-state index is 0.0185. The van der Waals surface area contributed by atoms with Crippen molar-refractivity contribution in [2.24, 2.45) is 0 Å². The Morgan fingerprint density at radius 2 is 1.89 bits per heavy atom. The van der Waals surface area contributed by atoms with Gasteiger partial charge in [-0.05, 0) is 25.5 Å². The van der Waals surface area contributed by atoms with E-state index in [0.717, 1.165) is 0 Å². The molecule has 0 aliphatic carbocycles. The molecule has 27 heavy (non-hydrogen) atoms. The Balaban J connectivity index is 2.04. The number of benzene rings is 1. The predicted octanol–water partition coefficient (Wildman–Crippen LogP) is 1.87. The first kappa shape index (κ1) is 18.8. The van der Waals surface area contributed by atoms with Gasteiger partial charge in [-0.1, -0.05) is 6.07 Å². The molecule has 0 saturated carbocycles. The molecule has 144 valence electrons. The molecule has 1 saturated heterocycles. The summed E-state index contributed by atoms with van der Waals surface area (Å²) in [5.74, 6) is -0.739. The van der Waals surface area contributed by atoms with Crippen LogP contribution < -0.4 is 9.47 Å².